The quantitative estimate of drug-likeness (QED) is 0.336. The lowest BCUT2D eigenvalue weighted by molar-refractivity contribution is 0.0734. The second-order valence-corrected chi connectivity index (χ2v) is 8.71. The molecule has 1 unspecified atom stereocenters. The van der Waals surface area contributed by atoms with Crippen molar-refractivity contribution in [1.82, 2.24) is 0 Å². The third-order valence-electron chi connectivity index (χ3n) is 5.90. The van der Waals surface area contributed by atoms with Gasteiger partial charge in [-0.15, -0.1) is 0 Å². The monoisotopic (exact) mass is 468 g/mol. The van der Waals surface area contributed by atoms with E-state index in [4.69, 9.17) is 19.9 Å². The van der Waals surface area contributed by atoms with Crippen molar-refractivity contribution >= 4 is 5.97 Å². The second kappa shape index (κ2) is 10.4. The summed E-state index contributed by atoms with van der Waals surface area (Å²) >= 11 is 0. The minimum atomic E-state index is -0.496. The number of nitriles is 1. The fraction of sp³-hybridized carbons (Fsp3) is 0.241. The molecular formula is C29H28N2O4. The van der Waals surface area contributed by atoms with Gasteiger partial charge in [-0.2, -0.15) is 5.26 Å². The van der Waals surface area contributed by atoms with E-state index in [1.165, 1.54) is 5.56 Å². The smallest absolute Gasteiger partial charge is 0.343 e. The predicted octanol–water partition coefficient (Wildman–Crippen LogP) is 6.04. The molecule has 178 valence electrons. The first-order valence-electron chi connectivity index (χ1n) is 11.7. The van der Waals surface area contributed by atoms with Crippen molar-refractivity contribution in [1.29, 1.82) is 5.26 Å². The highest BCUT2D eigenvalue weighted by molar-refractivity contribution is 5.91. The molecule has 0 amide bonds. The molecule has 0 saturated carbocycles. The third kappa shape index (κ3) is 5.15. The summed E-state index contributed by atoms with van der Waals surface area (Å²) in [5.41, 5.74) is 9.81. The zero-order chi connectivity index (χ0) is 24.9. The van der Waals surface area contributed by atoms with E-state index in [-0.39, 0.29) is 11.8 Å². The Balaban J connectivity index is 1.59. The van der Waals surface area contributed by atoms with Crippen LogP contribution in [-0.2, 0) is 0 Å². The summed E-state index contributed by atoms with van der Waals surface area (Å²) in [5.74, 6) is 1.06. The summed E-state index contributed by atoms with van der Waals surface area (Å²) in [6.45, 7) is 6.92. The Labute approximate surface area is 205 Å². The van der Waals surface area contributed by atoms with Gasteiger partial charge in [-0.25, -0.2) is 4.79 Å². The van der Waals surface area contributed by atoms with Gasteiger partial charge in [0.25, 0.3) is 0 Å². The summed E-state index contributed by atoms with van der Waals surface area (Å²) in [5, 5.41) is 9.78. The summed E-state index contributed by atoms with van der Waals surface area (Å²) in [7, 11) is 0. The number of carbonyl (C=O) groups is 1. The molecule has 2 N–H and O–H groups in total. The first-order valence-corrected chi connectivity index (χ1v) is 11.7. The highest BCUT2D eigenvalue weighted by Gasteiger charge is 2.31. The minimum Gasteiger partial charge on any atom is -0.494 e. The highest BCUT2D eigenvalue weighted by Crippen LogP contribution is 2.43. The molecule has 0 saturated heterocycles. The van der Waals surface area contributed by atoms with Crippen LogP contribution in [0.1, 0.15) is 66.1 Å². The number of ether oxygens (including phenoxy) is 3. The van der Waals surface area contributed by atoms with E-state index >= 15 is 0 Å². The maximum atomic E-state index is 12.7. The van der Waals surface area contributed by atoms with Crippen LogP contribution in [0.2, 0.25) is 0 Å². The van der Waals surface area contributed by atoms with Gasteiger partial charge in [-0.05, 0) is 53.8 Å². The average Bonchev–Trinajstić information content (AvgIpc) is 2.87. The van der Waals surface area contributed by atoms with Crippen molar-refractivity contribution in [2.45, 2.75) is 39.0 Å². The molecule has 1 atom stereocenters. The maximum Gasteiger partial charge on any atom is 0.343 e. The van der Waals surface area contributed by atoms with E-state index in [2.05, 4.69) is 32.0 Å². The van der Waals surface area contributed by atoms with Gasteiger partial charge in [-0.1, -0.05) is 51.1 Å². The predicted molar refractivity (Wildman–Crippen MR) is 133 cm³/mol. The molecule has 35 heavy (non-hydrogen) atoms. The first-order chi connectivity index (χ1) is 16.9. The number of nitrogens with two attached hydrogens (primary N) is 1. The summed E-state index contributed by atoms with van der Waals surface area (Å²) in [6, 6.07) is 22.3. The Morgan fingerprint density at radius 2 is 1.74 bits per heavy atom. The number of esters is 1. The molecule has 3 aromatic carbocycles. The van der Waals surface area contributed by atoms with E-state index in [1.807, 2.05) is 25.1 Å². The lowest BCUT2D eigenvalue weighted by atomic mass is 9.83. The van der Waals surface area contributed by atoms with Crippen LogP contribution >= 0.6 is 0 Å². The zero-order valence-corrected chi connectivity index (χ0v) is 20.1. The molecule has 1 aliphatic rings. The van der Waals surface area contributed by atoms with Gasteiger partial charge in [0.1, 0.15) is 28.9 Å². The van der Waals surface area contributed by atoms with Gasteiger partial charge >= 0.3 is 5.97 Å². The molecular weight excluding hydrogens is 440 g/mol. The Bertz CT molecular complexity index is 1290. The van der Waals surface area contributed by atoms with Crippen LogP contribution in [0.5, 0.6) is 17.2 Å². The SMILES string of the molecule is CCCOc1ccc(C(=O)Oc2ccc3c(c2)OC(N)=C(C#N)C3c2ccc(C(C)C)cc2)cc1. The Hall–Kier alpha value is -4.24. The molecule has 0 spiro atoms. The number of hydrogen-bond donors (Lipinski definition) is 1. The van der Waals surface area contributed by atoms with Gasteiger partial charge < -0.3 is 19.9 Å². The Morgan fingerprint density at radius 1 is 1.06 bits per heavy atom. The number of hydrogen-bond acceptors (Lipinski definition) is 6. The lowest BCUT2D eigenvalue weighted by Crippen LogP contribution is -2.21. The van der Waals surface area contributed by atoms with Gasteiger partial charge in [0.15, 0.2) is 0 Å². The van der Waals surface area contributed by atoms with E-state index in [1.54, 1.807) is 36.4 Å². The van der Waals surface area contributed by atoms with Crippen molar-refractivity contribution in [3.8, 4) is 23.3 Å². The number of rotatable bonds is 7. The van der Waals surface area contributed by atoms with Gasteiger partial charge in [0.2, 0.25) is 5.88 Å². The number of nitrogens with zero attached hydrogens (tertiary/aromatic N) is 1. The lowest BCUT2D eigenvalue weighted by Gasteiger charge is -2.27. The fourth-order valence-electron chi connectivity index (χ4n) is 3.99. The second-order valence-electron chi connectivity index (χ2n) is 8.71. The van der Waals surface area contributed by atoms with Crippen LogP contribution in [-0.4, -0.2) is 12.6 Å². The van der Waals surface area contributed by atoms with E-state index in [0.717, 1.165) is 17.5 Å². The van der Waals surface area contributed by atoms with Crippen LogP contribution in [0.3, 0.4) is 0 Å². The minimum absolute atomic E-state index is 0.0454. The van der Waals surface area contributed by atoms with Crippen LogP contribution in [0.4, 0.5) is 0 Å². The molecule has 0 aromatic heterocycles. The average molecular weight is 469 g/mol. The van der Waals surface area contributed by atoms with Gasteiger partial charge in [0, 0.05) is 11.6 Å². The largest absolute Gasteiger partial charge is 0.494 e. The normalized spacial score (nSPS) is 14.7. The molecule has 6 heteroatoms. The van der Waals surface area contributed by atoms with Crippen molar-refractivity contribution in [2.24, 2.45) is 5.73 Å². The van der Waals surface area contributed by atoms with Gasteiger partial charge in [-0.3, -0.25) is 0 Å². The summed E-state index contributed by atoms with van der Waals surface area (Å²) in [4.78, 5) is 12.7. The van der Waals surface area contributed by atoms with E-state index < -0.39 is 5.97 Å². The fourth-order valence-corrected chi connectivity index (χ4v) is 3.99. The van der Waals surface area contributed by atoms with Crippen molar-refractivity contribution in [3.63, 3.8) is 0 Å². The molecule has 4 rings (SSSR count). The molecule has 1 aliphatic heterocycles. The number of fused-ring (bicyclic) bond motifs is 1. The van der Waals surface area contributed by atoms with Crippen molar-refractivity contribution in [3.05, 3.63) is 100 Å². The standard InChI is InChI=1S/C29H28N2O4/c1-4-15-33-22-11-9-21(10-12-22)29(32)34-23-13-14-24-26(16-23)35-28(31)25(17-30)27(24)20-7-5-19(6-8-20)18(2)3/h5-14,16,18,27H,4,15,31H2,1-3H3. The molecule has 0 aliphatic carbocycles. The third-order valence-corrected chi connectivity index (χ3v) is 5.90. The number of allylic oxidation sites excluding steroid dienone is 1. The molecule has 0 radical (unpaired) electrons. The molecule has 1 heterocycles. The van der Waals surface area contributed by atoms with Gasteiger partial charge in [0.05, 0.1) is 18.1 Å². The highest BCUT2D eigenvalue weighted by atomic mass is 16.5. The Morgan fingerprint density at radius 3 is 2.37 bits per heavy atom. The first kappa shape index (κ1) is 23.9. The zero-order valence-electron chi connectivity index (χ0n) is 20.1. The van der Waals surface area contributed by atoms with Crippen LogP contribution in [0.15, 0.2) is 78.2 Å². The molecule has 6 nitrogen and oxygen atoms in total. The molecule has 0 bridgehead atoms. The molecule has 3 aromatic rings. The van der Waals surface area contributed by atoms with E-state index in [9.17, 15) is 10.1 Å². The van der Waals surface area contributed by atoms with E-state index in [0.29, 0.717) is 40.9 Å². The topological polar surface area (TPSA) is 94.6 Å². The number of carbonyl (C=O) groups excluding carboxylic acids is 1. The number of benzene rings is 3. The Kier molecular flexibility index (Phi) is 7.07. The molecule has 0 fully saturated rings. The maximum absolute atomic E-state index is 12.7. The van der Waals surface area contributed by atoms with Crippen molar-refractivity contribution in [2.75, 3.05) is 6.61 Å². The summed E-state index contributed by atoms with van der Waals surface area (Å²) < 4.78 is 16.9. The van der Waals surface area contributed by atoms with Crippen LogP contribution < -0.4 is 19.9 Å². The summed E-state index contributed by atoms with van der Waals surface area (Å²) in [6.07, 6.45) is 0.907. The van der Waals surface area contributed by atoms with Crippen LogP contribution in [0.25, 0.3) is 0 Å². The van der Waals surface area contributed by atoms with Crippen molar-refractivity contribution < 1.29 is 19.0 Å². The van der Waals surface area contributed by atoms with Crippen LogP contribution in [0, 0.1) is 11.3 Å².